The van der Waals surface area contributed by atoms with Gasteiger partial charge in [-0.05, 0) is 36.4 Å². The molecule has 0 atom stereocenters. The monoisotopic (exact) mass is 371 g/mol. The molecule has 0 unspecified atom stereocenters. The van der Waals surface area contributed by atoms with E-state index in [2.05, 4.69) is 17.1 Å². The Morgan fingerprint density at radius 3 is 2.22 bits per heavy atom. The third-order valence-corrected chi connectivity index (χ3v) is 5.91. The number of aromatic nitrogens is 2. The third kappa shape index (κ3) is 2.80. The van der Waals surface area contributed by atoms with E-state index in [1.165, 1.54) is 0 Å². The number of imidazole rings is 1. The Balaban J connectivity index is 1.46. The van der Waals surface area contributed by atoms with Gasteiger partial charge < -0.3 is 4.57 Å². The molecule has 1 aliphatic heterocycles. The van der Waals surface area contributed by atoms with Gasteiger partial charge in [-0.3, -0.25) is 9.69 Å². The van der Waals surface area contributed by atoms with E-state index in [0.717, 1.165) is 32.2 Å². The van der Waals surface area contributed by atoms with Crippen LogP contribution in [0.15, 0.2) is 88.9 Å². The number of hydrogen-bond acceptors (Lipinski definition) is 3. The maximum absolute atomic E-state index is 13.2. The van der Waals surface area contributed by atoms with E-state index in [1.54, 1.807) is 11.8 Å². The molecule has 1 amide bonds. The van der Waals surface area contributed by atoms with Crippen LogP contribution < -0.4 is 4.90 Å². The summed E-state index contributed by atoms with van der Waals surface area (Å²) in [4.78, 5) is 21.7. The molecule has 1 aliphatic rings. The largest absolute Gasteiger partial charge is 0.330 e. The molecule has 5 rings (SSSR count). The number of carbonyl (C=O) groups is 1. The minimum atomic E-state index is 0.0907. The molecule has 0 saturated carbocycles. The molecule has 27 heavy (non-hydrogen) atoms. The number of nitrogens with zero attached hydrogens (tertiary/aromatic N) is 3. The van der Waals surface area contributed by atoms with Crippen molar-refractivity contribution in [3.8, 4) is 0 Å². The molecule has 3 aromatic carbocycles. The van der Waals surface area contributed by atoms with Gasteiger partial charge in [0.2, 0.25) is 5.91 Å². The fourth-order valence-corrected chi connectivity index (χ4v) is 4.55. The molecule has 4 nitrogen and oxygen atoms in total. The topological polar surface area (TPSA) is 38.1 Å². The number of carbonyl (C=O) groups excluding carboxylic acids is 1. The number of anilines is 2. The lowest BCUT2D eigenvalue weighted by atomic mass is 10.2. The van der Waals surface area contributed by atoms with E-state index in [4.69, 9.17) is 0 Å². The van der Waals surface area contributed by atoms with Gasteiger partial charge in [0, 0.05) is 22.8 Å². The lowest BCUT2D eigenvalue weighted by Gasteiger charge is -2.31. The minimum Gasteiger partial charge on any atom is -0.330 e. The maximum atomic E-state index is 13.2. The average Bonchev–Trinajstić information content (AvgIpc) is 3.13. The van der Waals surface area contributed by atoms with Gasteiger partial charge in [0.25, 0.3) is 0 Å². The zero-order valence-electron chi connectivity index (χ0n) is 14.6. The molecule has 0 aliphatic carbocycles. The second-order valence-electron chi connectivity index (χ2n) is 6.44. The number of amides is 1. The molecule has 0 fully saturated rings. The van der Waals surface area contributed by atoms with E-state index >= 15 is 0 Å². The first-order valence-electron chi connectivity index (χ1n) is 8.90. The molecule has 0 radical (unpaired) electrons. The van der Waals surface area contributed by atoms with Crippen LogP contribution in [0.5, 0.6) is 0 Å². The normalized spacial score (nSPS) is 12.7. The van der Waals surface area contributed by atoms with Crippen molar-refractivity contribution in [1.82, 2.24) is 9.55 Å². The van der Waals surface area contributed by atoms with Crippen LogP contribution in [0.2, 0.25) is 0 Å². The molecular formula is C22H17N3OS. The van der Waals surface area contributed by atoms with Crippen molar-refractivity contribution in [3.05, 3.63) is 79.1 Å². The number of fused-ring (bicyclic) bond motifs is 3. The minimum absolute atomic E-state index is 0.0907. The van der Waals surface area contributed by atoms with Gasteiger partial charge in [-0.15, -0.1) is 0 Å². The fraction of sp³-hybridized carbons (Fsp3) is 0.0909. The summed E-state index contributed by atoms with van der Waals surface area (Å²) in [6, 6.07) is 24.2. The van der Waals surface area contributed by atoms with Crippen LogP contribution in [-0.4, -0.2) is 15.5 Å². The lowest BCUT2D eigenvalue weighted by molar-refractivity contribution is -0.118. The van der Waals surface area contributed by atoms with Crippen LogP contribution in [-0.2, 0) is 11.3 Å². The first kappa shape index (κ1) is 16.1. The van der Waals surface area contributed by atoms with Gasteiger partial charge in [-0.25, -0.2) is 4.98 Å². The van der Waals surface area contributed by atoms with Crippen LogP contribution in [0.25, 0.3) is 11.0 Å². The Morgan fingerprint density at radius 1 is 0.852 bits per heavy atom. The zero-order valence-corrected chi connectivity index (χ0v) is 15.4. The Labute approximate surface area is 161 Å². The predicted molar refractivity (Wildman–Crippen MR) is 109 cm³/mol. The van der Waals surface area contributed by atoms with Crippen LogP contribution in [0.3, 0.4) is 0 Å². The number of benzene rings is 3. The molecule has 0 spiro atoms. The van der Waals surface area contributed by atoms with Crippen molar-refractivity contribution in [3.63, 3.8) is 0 Å². The number of rotatable bonds is 3. The molecule has 2 heterocycles. The smallest absolute Gasteiger partial charge is 0.233 e. The summed E-state index contributed by atoms with van der Waals surface area (Å²) in [5, 5.41) is 0. The van der Waals surface area contributed by atoms with E-state index < -0.39 is 0 Å². The average molecular weight is 371 g/mol. The predicted octanol–water partition coefficient (Wildman–Crippen LogP) is 5.26. The summed E-state index contributed by atoms with van der Waals surface area (Å²) in [6.07, 6.45) is 2.22. The molecule has 1 aromatic heterocycles. The fourth-order valence-electron chi connectivity index (χ4n) is 3.49. The van der Waals surface area contributed by atoms with Crippen molar-refractivity contribution in [2.24, 2.45) is 0 Å². The van der Waals surface area contributed by atoms with Crippen molar-refractivity contribution < 1.29 is 4.79 Å². The van der Waals surface area contributed by atoms with Crippen molar-refractivity contribution >= 4 is 40.1 Å². The highest BCUT2D eigenvalue weighted by Gasteiger charge is 2.27. The highest BCUT2D eigenvalue weighted by atomic mass is 32.2. The SMILES string of the molecule is O=C(CCn1cnc2ccccc21)N1c2ccccc2Sc2ccccc21. The van der Waals surface area contributed by atoms with Crippen LogP contribution in [0.1, 0.15) is 6.42 Å². The van der Waals surface area contributed by atoms with Crippen LogP contribution >= 0.6 is 11.8 Å². The second-order valence-corrected chi connectivity index (χ2v) is 7.53. The second kappa shape index (κ2) is 6.59. The highest BCUT2D eigenvalue weighted by Crippen LogP contribution is 2.48. The molecule has 4 aromatic rings. The lowest BCUT2D eigenvalue weighted by Crippen LogP contribution is -2.29. The van der Waals surface area contributed by atoms with Gasteiger partial charge in [0.05, 0.1) is 28.7 Å². The first-order chi connectivity index (χ1) is 13.3. The quantitative estimate of drug-likeness (QED) is 0.493. The Morgan fingerprint density at radius 2 is 1.48 bits per heavy atom. The van der Waals surface area contributed by atoms with Gasteiger partial charge >= 0.3 is 0 Å². The Kier molecular flexibility index (Phi) is 3.94. The van der Waals surface area contributed by atoms with E-state index in [0.29, 0.717) is 13.0 Å². The van der Waals surface area contributed by atoms with Crippen molar-refractivity contribution in [2.45, 2.75) is 22.8 Å². The molecule has 132 valence electrons. The summed E-state index contributed by atoms with van der Waals surface area (Å²) < 4.78 is 2.05. The zero-order chi connectivity index (χ0) is 18.2. The Bertz CT molecular complexity index is 1110. The van der Waals surface area contributed by atoms with Gasteiger partial charge in [-0.2, -0.15) is 0 Å². The van der Waals surface area contributed by atoms with Crippen LogP contribution in [0, 0.1) is 0 Å². The van der Waals surface area contributed by atoms with E-state index in [9.17, 15) is 4.79 Å². The summed E-state index contributed by atoms with van der Waals surface area (Å²) in [5.74, 6) is 0.0907. The maximum Gasteiger partial charge on any atom is 0.233 e. The number of aryl methyl sites for hydroxylation is 1. The Hall–Kier alpha value is -3.05. The standard InChI is InChI=1S/C22H17N3OS/c26-22(13-14-24-15-23-16-7-1-2-8-17(16)24)25-18-9-3-5-11-20(18)27-21-12-6-4-10-19(21)25/h1-12,15H,13-14H2. The van der Waals surface area contributed by atoms with Gasteiger partial charge in [-0.1, -0.05) is 48.2 Å². The molecule has 0 N–H and O–H groups in total. The van der Waals surface area contributed by atoms with E-state index in [1.807, 2.05) is 76.5 Å². The summed E-state index contributed by atoms with van der Waals surface area (Å²) in [5.41, 5.74) is 3.93. The molecule has 5 heteroatoms. The molecule has 0 saturated heterocycles. The van der Waals surface area contributed by atoms with Crippen LogP contribution in [0.4, 0.5) is 11.4 Å². The van der Waals surface area contributed by atoms with E-state index in [-0.39, 0.29) is 5.91 Å². The van der Waals surface area contributed by atoms with Crippen molar-refractivity contribution in [1.29, 1.82) is 0 Å². The summed E-state index contributed by atoms with van der Waals surface area (Å²) in [6.45, 7) is 0.604. The third-order valence-electron chi connectivity index (χ3n) is 4.78. The summed E-state index contributed by atoms with van der Waals surface area (Å²) >= 11 is 1.71. The highest BCUT2D eigenvalue weighted by molar-refractivity contribution is 7.99. The van der Waals surface area contributed by atoms with Gasteiger partial charge in [0.1, 0.15) is 0 Å². The molecular weight excluding hydrogens is 354 g/mol. The molecule has 0 bridgehead atoms. The number of para-hydroxylation sites is 4. The number of hydrogen-bond donors (Lipinski definition) is 0. The van der Waals surface area contributed by atoms with Gasteiger partial charge in [0.15, 0.2) is 0 Å². The summed E-state index contributed by atoms with van der Waals surface area (Å²) in [7, 11) is 0. The van der Waals surface area contributed by atoms with Crippen molar-refractivity contribution in [2.75, 3.05) is 4.90 Å². The first-order valence-corrected chi connectivity index (χ1v) is 9.72.